The van der Waals surface area contributed by atoms with Gasteiger partial charge in [-0.05, 0) is 68.2 Å². The number of nitrogens with two attached hydrogens (primary N) is 1. The zero-order chi connectivity index (χ0) is 29.7. The number of anilines is 1. The second-order valence-electron chi connectivity index (χ2n) is 10.1. The lowest BCUT2D eigenvalue weighted by Crippen LogP contribution is -2.39. The third-order valence-electron chi connectivity index (χ3n) is 6.84. The highest BCUT2D eigenvalue weighted by Crippen LogP contribution is 2.18. The van der Waals surface area contributed by atoms with Crippen molar-refractivity contribution < 1.29 is 28.5 Å². The number of esters is 2. The van der Waals surface area contributed by atoms with Crippen LogP contribution in [0.1, 0.15) is 51.5 Å². The Morgan fingerprint density at radius 3 is 2.12 bits per heavy atom. The van der Waals surface area contributed by atoms with Gasteiger partial charge >= 0.3 is 11.9 Å². The average molecular weight is 645 g/mol. The van der Waals surface area contributed by atoms with Gasteiger partial charge in [0.2, 0.25) is 0 Å². The number of halogens is 1. The van der Waals surface area contributed by atoms with E-state index >= 15 is 0 Å². The van der Waals surface area contributed by atoms with Gasteiger partial charge in [-0.25, -0.2) is 4.98 Å². The van der Waals surface area contributed by atoms with Gasteiger partial charge in [-0.1, -0.05) is 6.42 Å². The molecule has 0 aromatic carbocycles. The molecule has 0 bridgehead atoms. The van der Waals surface area contributed by atoms with Gasteiger partial charge in [0, 0.05) is 61.9 Å². The number of unbranched alkanes of at least 4 members (excludes halogenated alkanes) is 2. The third kappa shape index (κ3) is 16.4. The second-order valence-corrected chi connectivity index (χ2v) is 11.0. The van der Waals surface area contributed by atoms with Crippen molar-refractivity contribution in [2.45, 2.75) is 52.5 Å². The molecule has 0 radical (unpaired) electrons. The quantitative estimate of drug-likeness (QED) is 0.211. The van der Waals surface area contributed by atoms with Crippen molar-refractivity contribution >= 4 is 33.7 Å². The van der Waals surface area contributed by atoms with Crippen LogP contribution < -0.4 is 5.73 Å². The first-order valence-electron chi connectivity index (χ1n) is 14.9. The monoisotopic (exact) mass is 643 g/mol. The van der Waals surface area contributed by atoms with Crippen molar-refractivity contribution in [3.8, 4) is 0 Å². The third-order valence-corrected chi connectivity index (χ3v) is 7.27. The highest BCUT2D eigenvalue weighted by molar-refractivity contribution is 9.10. The number of aromatic nitrogens is 1. The summed E-state index contributed by atoms with van der Waals surface area (Å²) in [6.07, 6.45) is 6.43. The first kappa shape index (κ1) is 35.4. The van der Waals surface area contributed by atoms with Crippen LogP contribution in [-0.4, -0.2) is 124 Å². The minimum atomic E-state index is -0.213. The van der Waals surface area contributed by atoms with Gasteiger partial charge in [0.15, 0.2) is 0 Å². The lowest BCUT2D eigenvalue weighted by Gasteiger charge is -2.28. The first-order chi connectivity index (χ1) is 19.9. The van der Waals surface area contributed by atoms with Crippen molar-refractivity contribution in [3.05, 3.63) is 22.3 Å². The van der Waals surface area contributed by atoms with Gasteiger partial charge in [-0.2, -0.15) is 0 Å². The maximum Gasteiger partial charge on any atom is 0.320 e. The van der Waals surface area contributed by atoms with E-state index < -0.39 is 0 Å². The topological polar surface area (TPSA) is 120 Å². The van der Waals surface area contributed by atoms with Crippen molar-refractivity contribution in [2.24, 2.45) is 0 Å². The van der Waals surface area contributed by atoms with E-state index in [1.54, 1.807) is 6.20 Å². The molecule has 2 aliphatic rings. The maximum absolute atomic E-state index is 11.9. The zero-order valence-corrected chi connectivity index (χ0v) is 26.6. The molecule has 0 amide bonds. The highest BCUT2D eigenvalue weighted by Gasteiger charge is 2.16. The number of rotatable bonds is 16. The van der Waals surface area contributed by atoms with E-state index in [0.29, 0.717) is 32.0 Å². The van der Waals surface area contributed by atoms with Gasteiger partial charge in [0.1, 0.15) is 5.82 Å². The van der Waals surface area contributed by atoms with Gasteiger partial charge in [0.25, 0.3) is 0 Å². The summed E-state index contributed by atoms with van der Waals surface area (Å²) in [7, 11) is 0. The fraction of sp³-hybridized carbons (Fsp3) is 0.759. The summed E-state index contributed by atoms with van der Waals surface area (Å²) < 4.78 is 21.5. The number of nitrogen functional groups attached to an aromatic ring is 1. The number of hydrogen-bond donors (Lipinski definition) is 1. The summed E-state index contributed by atoms with van der Waals surface area (Å²) in [4.78, 5) is 34.0. The van der Waals surface area contributed by atoms with E-state index in [9.17, 15) is 9.59 Å². The summed E-state index contributed by atoms with van der Waals surface area (Å²) in [6.45, 7) is 15.7. The highest BCUT2D eigenvalue weighted by atomic mass is 79.9. The van der Waals surface area contributed by atoms with E-state index in [4.69, 9.17) is 24.7 Å². The van der Waals surface area contributed by atoms with E-state index in [2.05, 4.69) is 35.6 Å². The van der Waals surface area contributed by atoms with Crippen LogP contribution in [0.15, 0.2) is 16.7 Å². The summed E-state index contributed by atoms with van der Waals surface area (Å²) in [5.41, 5.74) is 6.88. The predicted molar refractivity (Wildman–Crippen MR) is 162 cm³/mol. The number of carbonyl (C=O) groups is 2. The normalized spacial score (nSPS) is 16.2. The van der Waals surface area contributed by atoms with Crippen LogP contribution in [0, 0.1) is 0 Å². The summed E-state index contributed by atoms with van der Waals surface area (Å²) in [5, 5.41) is 0. The van der Waals surface area contributed by atoms with Gasteiger partial charge < -0.3 is 24.7 Å². The molecular weight excluding hydrogens is 594 g/mol. The Bertz CT molecular complexity index is 868. The molecule has 12 heteroatoms. The molecule has 2 aliphatic heterocycles. The van der Waals surface area contributed by atoms with Crippen molar-refractivity contribution in [3.63, 3.8) is 0 Å². The number of nitrogens with zero attached hydrogens (tertiary/aromatic N) is 4. The van der Waals surface area contributed by atoms with Crippen LogP contribution >= 0.6 is 15.9 Å². The molecule has 1 aromatic heterocycles. The predicted octanol–water partition coefficient (Wildman–Crippen LogP) is 2.96. The van der Waals surface area contributed by atoms with Crippen molar-refractivity contribution in [2.75, 3.05) is 97.7 Å². The molecule has 0 aliphatic carbocycles. The summed E-state index contributed by atoms with van der Waals surface area (Å²) in [6, 6.07) is 1.95. The fourth-order valence-electron chi connectivity index (χ4n) is 4.64. The summed E-state index contributed by atoms with van der Waals surface area (Å²) in [5.74, 6) is 0.217. The van der Waals surface area contributed by atoms with Crippen molar-refractivity contribution in [1.29, 1.82) is 0 Å². The number of pyridine rings is 1. The smallest absolute Gasteiger partial charge is 0.320 e. The van der Waals surface area contributed by atoms with Crippen LogP contribution in [0.2, 0.25) is 0 Å². The Labute approximate surface area is 254 Å². The lowest BCUT2D eigenvalue weighted by atomic mass is 10.2. The molecule has 11 nitrogen and oxygen atoms in total. The van der Waals surface area contributed by atoms with Gasteiger partial charge in [-0.15, -0.1) is 0 Å². The van der Waals surface area contributed by atoms with Crippen LogP contribution in [-0.2, 0) is 35.1 Å². The largest absolute Gasteiger partial charge is 0.466 e. The summed E-state index contributed by atoms with van der Waals surface area (Å²) >= 11 is 3.42. The Balaban J connectivity index is 0.000000317. The van der Waals surface area contributed by atoms with E-state index in [-0.39, 0.29) is 18.5 Å². The number of hydrogen-bond acceptors (Lipinski definition) is 11. The van der Waals surface area contributed by atoms with Crippen LogP contribution in [0.3, 0.4) is 0 Å². The Kier molecular flexibility index (Phi) is 18.8. The number of ether oxygens (including phenoxy) is 4. The SMILES string of the molecule is CCOC(=O)CCCCCN1CCOCC1.CCOC(=O)CN(CCCN1CCOCC1)Cc1cc(Br)cnc1N. The molecule has 2 saturated heterocycles. The molecular formula is C29H50BrN5O6. The van der Waals surface area contributed by atoms with E-state index in [1.807, 2.05) is 19.9 Å². The maximum atomic E-state index is 11.9. The Hall–Kier alpha value is -1.83. The molecule has 1 aromatic rings. The number of carbonyl (C=O) groups excluding carboxylic acids is 2. The molecule has 0 unspecified atom stereocenters. The molecule has 41 heavy (non-hydrogen) atoms. The minimum absolute atomic E-state index is 0.0612. The molecule has 3 heterocycles. The van der Waals surface area contributed by atoms with Gasteiger partial charge in [0.05, 0.1) is 46.2 Å². The van der Waals surface area contributed by atoms with Crippen LogP contribution in [0.4, 0.5) is 5.82 Å². The fourth-order valence-corrected chi connectivity index (χ4v) is 5.02. The molecule has 3 rings (SSSR count). The molecule has 234 valence electrons. The average Bonchev–Trinajstić information content (AvgIpc) is 2.96. The first-order valence-corrected chi connectivity index (χ1v) is 15.7. The standard InChI is InChI=1S/C17H27BrN4O3.C12H23NO3/c1-2-25-16(23)13-22(5-3-4-21-6-8-24-9-7-21)12-14-10-15(18)11-20-17(14)19;1-2-16-12(14)6-4-3-5-7-13-8-10-15-11-9-13/h10-11H,2-9,12-13H2,1H3,(H2,19,20);2-11H2,1H3. The van der Waals surface area contributed by atoms with Crippen LogP contribution in [0.5, 0.6) is 0 Å². The lowest BCUT2D eigenvalue weighted by molar-refractivity contribution is -0.145. The molecule has 0 atom stereocenters. The van der Waals surface area contributed by atoms with E-state index in [1.165, 1.54) is 6.42 Å². The Morgan fingerprint density at radius 1 is 0.927 bits per heavy atom. The van der Waals surface area contributed by atoms with E-state index in [0.717, 1.165) is 102 Å². The number of morpholine rings is 2. The van der Waals surface area contributed by atoms with Crippen LogP contribution in [0.25, 0.3) is 0 Å². The molecule has 0 spiro atoms. The molecule has 2 fully saturated rings. The molecule has 0 saturated carbocycles. The minimum Gasteiger partial charge on any atom is -0.466 e. The Morgan fingerprint density at radius 2 is 1.51 bits per heavy atom. The van der Waals surface area contributed by atoms with Gasteiger partial charge in [-0.3, -0.25) is 24.3 Å². The molecule has 2 N–H and O–H groups in total. The zero-order valence-electron chi connectivity index (χ0n) is 25.0. The van der Waals surface area contributed by atoms with Crippen molar-refractivity contribution in [1.82, 2.24) is 19.7 Å². The second kappa shape index (κ2) is 21.8.